The summed E-state index contributed by atoms with van der Waals surface area (Å²) in [5.74, 6) is -0.208. The molecule has 3 aliphatic rings. The predicted octanol–water partition coefficient (Wildman–Crippen LogP) is 5.37. The van der Waals surface area contributed by atoms with Crippen molar-refractivity contribution in [2.45, 2.75) is 102 Å². The molecule has 0 bridgehead atoms. The Hall–Kier alpha value is -1.91. The number of hydrogen-bond donors (Lipinski definition) is 0. The highest BCUT2D eigenvalue weighted by Gasteiger charge is 2.45. The summed E-state index contributed by atoms with van der Waals surface area (Å²) in [4.78, 5) is 31.0. The summed E-state index contributed by atoms with van der Waals surface area (Å²) in [6.07, 6.45) is 14.4. The van der Waals surface area contributed by atoms with Crippen LogP contribution in [0.4, 0.5) is 4.39 Å². The molecule has 4 nitrogen and oxygen atoms in total. The van der Waals surface area contributed by atoms with E-state index in [0.717, 1.165) is 56.9 Å². The minimum absolute atomic E-state index is 0.0372. The number of piperazine rings is 1. The first-order valence-corrected chi connectivity index (χ1v) is 12.0. The van der Waals surface area contributed by atoms with Crippen molar-refractivity contribution in [3.05, 3.63) is 35.6 Å². The van der Waals surface area contributed by atoms with E-state index < -0.39 is 6.04 Å². The molecule has 0 N–H and O–H groups in total. The molecule has 1 aliphatic heterocycles. The van der Waals surface area contributed by atoms with Gasteiger partial charge >= 0.3 is 0 Å². The fourth-order valence-corrected chi connectivity index (χ4v) is 5.68. The van der Waals surface area contributed by atoms with E-state index in [1.54, 1.807) is 12.1 Å². The van der Waals surface area contributed by atoms with Crippen molar-refractivity contribution in [3.63, 3.8) is 0 Å². The summed E-state index contributed by atoms with van der Waals surface area (Å²) in [6.45, 7) is 0.206. The molecule has 1 aromatic carbocycles. The molecule has 4 rings (SSSR count). The normalized spacial score (nSPS) is 25.7. The van der Waals surface area contributed by atoms with Crippen LogP contribution in [0.15, 0.2) is 24.3 Å². The maximum Gasteiger partial charge on any atom is 0.250 e. The van der Waals surface area contributed by atoms with E-state index in [4.69, 9.17) is 0 Å². The lowest BCUT2D eigenvalue weighted by molar-refractivity contribution is -0.162. The van der Waals surface area contributed by atoms with Crippen molar-refractivity contribution in [2.24, 2.45) is 0 Å². The summed E-state index contributed by atoms with van der Waals surface area (Å²) < 4.78 is 13.6. The maximum absolute atomic E-state index is 13.8. The van der Waals surface area contributed by atoms with Crippen molar-refractivity contribution < 1.29 is 14.0 Å². The largest absolute Gasteiger partial charge is 0.328 e. The summed E-state index contributed by atoms with van der Waals surface area (Å²) in [5.41, 5.74) is 0.745. The van der Waals surface area contributed by atoms with Crippen molar-refractivity contribution in [1.29, 1.82) is 0 Å². The zero-order valence-electron chi connectivity index (χ0n) is 18.0. The number of nitrogens with zero attached hydrogens (tertiary/aromatic N) is 2. The van der Waals surface area contributed by atoms with Gasteiger partial charge in [-0.05, 0) is 43.4 Å². The Kier molecular flexibility index (Phi) is 7.06. The fraction of sp³-hybridized carbons (Fsp3) is 0.680. The van der Waals surface area contributed by atoms with Gasteiger partial charge in [0.1, 0.15) is 18.4 Å². The Labute approximate surface area is 179 Å². The van der Waals surface area contributed by atoms with Gasteiger partial charge in [0.25, 0.3) is 5.91 Å². The maximum atomic E-state index is 13.8. The predicted molar refractivity (Wildman–Crippen MR) is 115 cm³/mol. The molecule has 2 amide bonds. The third-order valence-electron chi connectivity index (χ3n) is 7.31. The lowest BCUT2D eigenvalue weighted by Crippen LogP contribution is -2.60. The second-order valence-corrected chi connectivity index (χ2v) is 9.37. The molecule has 30 heavy (non-hydrogen) atoms. The van der Waals surface area contributed by atoms with Gasteiger partial charge in [0, 0.05) is 12.1 Å². The second-order valence-electron chi connectivity index (χ2n) is 9.37. The van der Waals surface area contributed by atoms with Gasteiger partial charge in [-0.3, -0.25) is 9.59 Å². The molecular formula is C25H35FN2O2. The monoisotopic (exact) mass is 414 g/mol. The van der Waals surface area contributed by atoms with Crippen molar-refractivity contribution in [2.75, 3.05) is 6.54 Å². The number of carbonyl (C=O) groups is 2. The van der Waals surface area contributed by atoms with E-state index in [9.17, 15) is 14.0 Å². The molecule has 1 saturated heterocycles. The molecule has 0 radical (unpaired) electrons. The van der Waals surface area contributed by atoms with Gasteiger partial charge < -0.3 is 9.80 Å². The fourth-order valence-electron chi connectivity index (χ4n) is 5.68. The minimum atomic E-state index is -0.612. The van der Waals surface area contributed by atoms with E-state index in [1.165, 1.54) is 44.2 Å². The number of halogens is 1. The zero-order valence-corrected chi connectivity index (χ0v) is 18.0. The van der Waals surface area contributed by atoms with Gasteiger partial charge in [-0.2, -0.15) is 0 Å². The molecule has 0 spiro atoms. The third-order valence-corrected chi connectivity index (χ3v) is 7.31. The molecule has 164 valence electrons. The molecule has 3 fully saturated rings. The van der Waals surface area contributed by atoms with Crippen LogP contribution >= 0.6 is 0 Å². The molecule has 0 unspecified atom stereocenters. The van der Waals surface area contributed by atoms with Crippen LogP contribution in [0, 0.1) is 5.82 Å². The van der Waals surface area contributed by atoms with Crippen LogP contribution in [-0.4, -0.2) is 40.2 Å². The lowest BCUT2D eigenvalue weighted by Gasteiger charge is -2.47. The van der Waals surface area contributed by atoms with Crippen LogP contribution in [-0.2, 0) is 9.59 Å². The quantitative estimate of drug-likeness (QED) is 0.624. The van der Waals surface area contributed by atoms with Gasteiger partial charge in [0.05, 0.1) is 0 Å². The van der Waals surface area contributed by atoms with Crippen molar-refractivity contribution in [3.8, 4) is 0 Å². The van der Waals surface area contributed by atoms with Gasteiger partial charge in [-0.15, -0.1) is 0 Å². The molecule has 1 aromatic rings. The Morgan fingerprint density at radius 3 is 1.77 bits per heavy atom. The number of benzene rings is 1. The van der Waals surface area contributed by atoms with Crippen LogP contribution in [0.1, 0.15) is 95.1 Å². The highest BCUT2D eigenvalue weighted by atomic mass is 19.1. The van der Waals surface area contributed by atoms with E-state index in [1.807, 2.05) is 9.80 Å². The molecule has 2 saturated carbocycles. The number of rotatable bonds is 3. The smallest absolute Gasteiger partial charge is 0.250 e. The Morgan fingerprint density at radius 2 is 1.20 bits per heavy atom. The van der Waals surface area contributed by atoms with Crippen LogP contribution < -0.4 is 0 Å². The highest BCUT2D eigenvalue weighted by Crippen LogP contribution is 2.36. The van der Waals surface area contributed by atoms with Crippen LogP contribution in [0.2, 0.25) is 0 Å². The summed E-state index contributed by atoms with van der Waals surface area (Å²) in [7, 11) is 0. The first-order valence-electron chi connectivity index (χ1n) is 12.0. The second kappa shape index (κ2) is 9.93. The van der Waals surface area contributed by atoms with Gasteiger partial charge in [-0.1, -0.05) is 69.9 Å². The standard InChI is InChI=1S/C25H35FN2O2/c26-20-16-14-19(15-17-20)24-25(30)27(21-10-6-4-5-7-11-21)18-23(29)28(24)22-12-8-2-1-3-9-13-22/h14-17,21-22,24H,1-13,18H2/t24-/m1/s1. The highest BCUT2D eigenvalue weighted by molar-refractivity contribution is 5.96. The van der Waals surface area contributed by atoms with E-state index >= 15 is 0 Å². The van der Waals surface area contributed by atoms with E-state index in [-0.39, 0.29) is 36.3 Å². The molecular weight excluding hydrogens is 379 g/mol. The SMILES string of the molecule is O=C1[C@@H](c2ccc(F)cc2)N(C2CCCCCCC2)C(=O)CN1C1CCCCCC1. The summed E-state index contributed by atoms with van der Waals surface area (Å²) >= 11 is 0. The number of hydrogen-bond acceptors (Lipinski definition) is 2. The molecule has 0 aromatic heterocycles. The van der Waals surface area contributed by atoms with Crippen LogP contribution in [0.3, 0.4) is 0 Å². The van der Waals surface area contributed by atoms with Crippen LogP contribution in [0.25, 0.3) is 0 Å². The topological polar surface area (TPSA) is 40.6 Å². The van der Waals surface area contributed by atoms with E-state index in [0.29, 0.717) is 0 Å². The number of amides is 2. The molecule has 1 heterocycles. The molecule has 5 heteroatoms. The van der Waals surface area contributed by atoms with Crippen molar-refractivity contribution in [1.82, 2.24) is 9.80 Å². The van der Waals surface area contributed by atoms with Crippen LogP contribution in [0.5, 0.6) is 0 Å². The zero-order chi connectivity index (χ0) is 20.9. The summed E-state index contributed by atoms with van der Waals surface area (Å²) in [6, 6.07) is 5.86. The summed E-state index contributed by atoms with van der Waals surface area (Å²) in [5, 5.41) is 0. The van der Waals surface area contributed by atoms with E-state index in [2.05, 4.69) is 0 Å². The first-order chi connectivity index (χ1) is 14.6. The third kappa shape index (κ3) is 4.70. The number of carbonyl (C=O) groups excluding carboxylic acids is 2. The molecule has 2 aliphatic carbocycles. The lowest BCUT2D eigenvalue weighted by atomic mass is 9.90. The average molecular weight is 415 g/mol. The van der Waals surface area contributed by atoms with Gasteiger partial charge in [-0.25, -0.2) is 4.39 Å². The van der Waals surface area contributed by atoms with Gasteiger partial charge in [0.15, 0.2) is 0 Å². The Morgan fingerprint density at radius 1 is 0.700 bits per heavy atom. The minimum Gasteiger partial charge on any atom is -0.328 e. The van der Waals surface area contributed by atoms with Crippen molar-refractivity contribution >= 4 is 11.8 Å². The van der Waals surface area contributed by atoms with Gasteiger partial charge in [0.2, 0.25) is 5.91 Å². The first kappa shape index (κ1) is 21.3. The molecule has 1 atom stereocenters. The average Bonchev–Trinajstić information content (AvgIpc) is 3.00. The Bertz CT molecular complexity index is 719. The Balaban J connectivity index is 1.65.